The number of hydrogen-bond donors (Lipinski definition) is 0. The molecule has 0 radical (unpaired) electrons. The molecule has 0 aliphatic rings. The second kappa shape index (κ2) is 7.73. The van der Waals surface area contributed by atoms with Gasteiger partial charge in [-0.05, 0) is 0 Å². The van der Waals surface area contributed by atoms with E-state index in [1.807, 2.05) is 0 Å². The van der Waals surface area contributed by atoms with Gasteiger partial charge in [-0.2, -0.15) is 0 Å². The van der Waals surface area contributed by atoms with Crippen LogP contribution in [0.25, 0.3) is 0 Å². The van der Waals surface area contributed by atoms with Gasteiger partial charge in [0.05, 0.1) is 0 Å². The first-order valence-electron chi connectivity index (χ1n) is 3.98. The van der Waals surface area contributed by atoms with Crippen molar-refractivity contribution in [2.75, 3.05) is 21.3 Å². The smallest absolute Gasteiger partial charge is 0.775 e. The first-order chi connectivity index (χ1) is 7.23. The second-order valence-electron chi connectivity index (χ2n) is 2.56. The van der Waals surface area contributed by atoms with Crippen LogP contribution in [0.4, 0.5) is 0 Å². The van der Waals surface area contributed by atoms with Gasteiger partial charge in [0.1, 0.15) is 0 Å². The molecule has 0 aliphatic carbocycles. The number of carbonyl (C=O) groups excluding carboxylic acids is 1. The minimum Gasteiger partial charge on any atom is -0.775 e. The number of hydrogen-bond acceptors (Lipinski definition) is 8. The fourth-order valence-electron chi connectivity index (χ4n) is 0.796. The average molecular weight is 282 g/mol. The van der Waals surface area contributed by atoms with Crippen LogP contribution in [-0.2, 0) is 32.2 Å². The zero-order chi connectivity index (χ0) is 13.0. The van der Waals surface area contributed by atoms with E-state index in [0.29, 0.717) is 0 Å². The van der Waals surface area contributed by atoms with Gasteiger partial charge in [-0.15, -0.1) is 0 Å². The molecule has 96 valence electrons. The average Bonchev–Trinajstić information content (AvgIpc) is 2.24. The number of esters is 1. The monoisotopic (exact) mass is 282 g/mol. The molecule has 0 bridgehead atoms. The molecule has 0 aromatic rings. The van der Waals surface area contributed by atoms with E-state index in [0.717, 1.165) is 28.3 Å². The summed E-state index contributed by atoms with van der Waals surface area (Å²) in [6, 6.07) is 0. The van der Waals surface area contributed by atoms with E-state index >= 15 is 0 Å². The van der Waals surface area contributed by atoms with Gasteiger partial charge in [-0.25, -0.2) is 0 Å². The van der Waals surface area contributed by atoms with Crippen molar-refractivity contribution in [3.63, 3.8) is 0 Å². The van der Waals surface area contributed by atoms with Crippen LogP contribution in [0.15, 0.2) is 0 Å². The van der Waals surface area contributed by atoms with Gasteiger partial charge >= 0.3 is 32.4 Å². The van der Waals surface area contributed by atoms with Crippen LogP contribution in [0.3, 0.4) is 0 Å². The Morgan fingerprint density at radius 1 is 1.12 bits per heavy atom. The summed E-state index contributed by atoms with van der Waals surface area (Å²) in [6.45, 7) is 0.957. The molecule has 8 nitrogen and oxygen atoms in total. The molecule has 2 unspecified atom stereocenters. The molecule has 2 atom stereocenters. The molecule has 0 aromatic carbocycles. The Kier molecular flexibility index (Phi) is 8.95. The molecule has 0 aliphatic heterocycles. The number of carbonyl (C=O) groups is 1. The molecule has 0 saturated carbocycles. The van der Waals surface area contributed by atoms with Crippen LogP contribution < -0.4 is 23.8 Å². The van der Waals surface area contributed by atoms with Crippen LogP contribution >= 0.6 is 15.2 Å². The Balaban J connectivity index is 0. The Morgan fingerprint density at radius 2 is 1.53 bits per heavy atom. The van der Waals surface area contributed by atoms with Crippen molar-refractivity contribution in [2.45, 2.75) is 12.5 Å². The molecule has 0 saturated heterocycles. The summed E-state index contributed by atoms with van der Waals surface area (Å²) in [6.07, 6.45) is 0. The summed E-state index contributed by atoms with van der Waals surface area (Å²) < 4.78 is 40.6. The van der Waals surface area contributed by atoms with Crippen molar-refractivity contribution in [1.29, 1.82) is 0 Å². The maximum atomic E-state index is 11.8. The van der Waals surface area contributed by atoms with Gasteiger partial charge in [0.2, 0.25) is 0 Å². The van der Waals surface area contributed by atoms with Gasteiger partial charge in [0.15, 0.2) is 7.60 Å². The minimum atomic E-state index is -4.70. The number of rotatable bonds is 6. The van der Waals surface area contributed by atoms with Crippen molar-refractivity contribution in [1.82, 2.24) is 0 Å². The normalized spacial score (nSPS) is 16.5. The Hall–Kier alpha value is 0.367. The van der Waals surface area contributed by atoms with E-state index in [2.05, 4.69) is 18.3 Å². The first kappa shape index (κ1) is 19.7. The summed E-state index contributed by atoms with van der Waals surface area (Å²) in [5, 5.41) is 0. The van der Waals surface area contributed by atoms with Crippen molar-refractivity contribution in [2.24, 2.45) is 0 Å². The molecule has 11 heteroatoms. The standard InChI is InChI=1S/C6H14O8P2.Li/c1-5(7)14-6(15(8,9)11-2)16(10,12-3)13-4;/h6H,1-4H3,(H,8,9);/q;+1/p-1. The Labute approximate surface area is 111 Å². The maximum absolute atomic E-state index is 11.8. The molecule has 0 aromatic heterocycles. The third-order valence-electron chi connectivity index (χ3n) is 1.58. The SMILES string of the molecule is COP(=O)([O-])C(OC(C)=O)P(=O)(OC)OC.[Li+]. The topological polar surface area (TPSA) is 111 Å². The van der Waals surface area contributed by atoms with Gasteiger partial charge in [-0.1, -0.05) is 0 Å². The molecule has 0 heterocycles. The summed E-state index contributed by atoms with van der Waals surface area (Å²) >= 11 is 0. The summed E-state index contributed by atoms with van der Waals surface area (Å²) in [5.74, 6) is -0.951. The molecular weight excluding hydrogens is 269 g/mol. The van der Waals surface area contributed by atoms with Crippen molar-refractivity contribution >= 4 is 21.2 Å². The Bertz CT molecular complexity index is 337. The van der Waals surface area contributed by atoms with Crippen LogP contribution in [0, 0.1) is 0 Å². The predicted molar refractivity (Wildman–Crippen MR) is 51.8 cm³/mol. The van der Waals surface area contributed by atoms with E-state index in [4.69, 9.17) is 0 Å². The molecule has 0 amide bonds. The molecular formula is C6H13LiO8P2. The fraction of sp³-hybridized carbons (Fsp3) is 0.833. The van der Waals surface area contributed by atoms with Crippen molar-refractivity contribution < 1.29 is 56.0 Å². The third kappa shape index (κ3) is 5.25. The molecule has 17 heavy (non-hydrogen) atoms. The zero-order valence-electron chi connectivity index (χ0n) is 10.2. The predicted octanol–water partition coefficient (Wildman–Crippen LogP) is -2.48. The van der Waals surface area contributed by atoms with Crippen LogP contribution in [-0.4, -0.2) is 32.9 Å². The molecule has 0 rings (SSSR count). The van der Waals surface area contributed by atoms with Gasteiger partial charge in [0, 0.05) is 28.3 Å². The van der Waals surface area contributed by atoms with Gasteiger partial charge in [0.25, 0.3) is 5.59 Å². The third-order valence-corrected chi connectivity index (χ3v) is 6.09. The molecule has 0 spiro atoms. The van der Waals surface area contributed by atoms with Crippen molar-refractivity contribution in [3.05, 3.63) is 0 Å². The van der Waals surface area contributed by atoms with Gasteiger partial charge < -0.3 is 27.8 Å². The number of ether oxygens (including phenoxy) is 1. The van der Waals surface area contributed by atoms with Crippen LogP contribution in [0.2, 0.25) is 0 Å². The molecule has 0 N–H and O–H groups in total. The Morgan fingerprint density at radius 3 is 1.76 bits per heavy atom. The maximum Gasteiger partial charge on any atom is 1.00 e. The van der Waals surface area contributed by atoms with E-state index in [-0.39, 0.29) is 18.9 Å². The molecule has 0 fully saturated rings. The quantitative estimate of drug-likeness (QED) is 0.299. The van der Waals surface area contributed by atoms with E-state index in [1.54, 1.807) is 0 Å². The van der Waals surface area contributed by atoms with Crippen LogP contribution in [0.1, 0.15) is 6.92 Å². The van der Waals surface area contributed by atoms with Gasteiger partial charge in [-0.3, -0.25) is 9.36 Å². The van der Waals surface area contributed by atoms with E-state index in [9.17, 15) is 18.8 Å². The fourth-order valence-corrected chi connectivity index (χ4v) is 4.28. The summed E-state index contributed by atoms with van der Waals surface area (Å²) in [7, 11) is -6.04. The summed E-state index contributed by atoms with van der Waals surface area (Å²) in [5.41, 5.74) is -2.11. The van der Waals surface area contributed by atoms with Crippen LogP contribution in [0.5, 0.6) is 0 Å². The van der Waals surface area contributed by atoms with E-state index < -0.39 is 26.7 Å². The van der Waals surface area contributed by atoms with E-state index in [1.165, 1.54) is 0 Å². The zero-order valence-corrected chi connectivity index (χ0v) is 12.0. The summed E-state index contributed by atoms with van der Waals surface area (Å²) in [4.78, 5) is 22.1. The van der Waals surface area contributed by atoms with Crippen molar-refractivity contribution in [3.8, 4) is 0 Å². The first-order valence-corrected chi connectivity index (χ1v) is 7.20. The minimum absolute atomic E-state index is 0. The largest absolute Gasteiger partial charge is 1.00 e. The second-order valence-corrected chi connectivity index (χ2v) is 7.16.